The molecule has 0 N–H and O–H groups in total. The minimum atomic E-state index is -0.734. The first-order valence-electron chi connectivity index (χ1n) is 6.60. The maximum atomic E-state index is 8.67. The van der Waals surface area contributed by atoms with Gasteiger partial charge in [-0.25, -0.2) is 0 Å². The normalized spacial score (nSPS) is 31.0. The molecule has 0 aliphatic heterocycles. The second-order valence-corrected chi connectivity index (χ2v) is 4.35. The number of hydrogen-bond acceptors (Lipinski definition) is 0. The number of allylic oxidation sites excluding steroid dienone is 1. The Bertz CT molecular complexity index is 687. The molecule has 2 aliphatic carbocycles. The number of benzene rings is 2. The topological polar surface area (TPSA) is 0 Å². The van der Waals surface area contributed by atoms with Gasteiger partial charge in [0.2, 0.25) is 0 Å². The summed E-state index contributed by atoms with van der Waals surface area (Å²) in [5.41, 5.74) is 4.39. The van der Waals surface area contributed by atoms with Gasteiger partial charge in [-0.15, -0.1) is 0 Å². The molecular weight excluding hydrogens is 192 g/mol. The van der Waals surface area contributed by atoms with Crippen LogP contribution in [0.2, 0.25) is 0 Å². The summed E-state index contributed by atoms with van der Waals surface area (Å²) in [6, 6.07) is 16.6. The molecule has 2 aliphatic rings. The Hall–Kier alpha value is -1.82. The maximum absolute atomic E-state index is 8.67. The third-order valence-corrected chi connectivity index (χ3v) is 3.55. The molecule has 0 saturated heterocycles. The van der Waals surface area contributed by atoms with Crippen molar-refractivity contribution in [2.75, 3.05) is 0 Å². The zero-order valence-electron chi connectivity index (χ0n) is 10.8. The molecule has 0 bridgehead atoms. The summed E-state index contributed by atoms with van der Waals surface area (Å²) < 4.78 is 16.8. The summed E-state index contributed by atoms with van der Waals surface area (Å²) in [5.74, 6) is -0.638. The van der Waals surface area contributed by atoms with Crippen molar-refractivity contribution in [2.24, 2.45) is 0 Å². The molecular formula is C16H12. The number of hydrogen-bond donors (Lipinski definition) is 0. The molecule has 2 atom stereocenters. The van der Waals surface area contributed by atoms with Gasteiger partial charge in [0.1, 0.15) is 0 Å². The zero-order chi connectivity index (χ0) is 12.3. The molecule has 0 amide bonds. The van der Waals surface area contributed by atoms with E-state index in [2.05, 4.69) is 12.1 Å². The van der Waals surface area contributed by atoms with E-state index in [1.54, 1.807) is 6.08 Å². The Morgan fingerprint density at radius 3 is 2.44 bits per heavy atom. The van der Waals surface area contributed by atoms with E-state index in [9.17, 15) is 0 Å². The lowest BCUT2D eigenvalue weighted by Crippen LogP contribution is -2.26. The summed E-state index contributed by atoms with van der Waals surface area (Å²) >= 11 is 0. The largest absolute Gasteiger partial charge is 0.0754 e. The lowest BCUT2D eigenvalue weighted by molar-refractivity contribution is 0.619. The van der Waals surface area contributed by atoms with Gasteiger partial charge in [-0.3, -0.25) is 0 Å². The maximum Gasteiger partial charge on any atom is 0.0626 e. The second kappa shape index (κ2) is 2.85. The smallest absolute Gasteiger partial charge is 0.0626 e. The van der Waals surface area contributed by atoms with E-state index >= 15 is 0 Å². The van der Waals surface area contributed by atoms with Crippen LogP contribution in [0.15, 0.2) is 54.6 Å². The molecule has 0 saturated carbocycles. The first-order chi connectivity index (χ1) is 8.72. The first-order valence-corrected chi connectivity index (χ1v) is 5.60. The molecule has 0 nitrogen and oxygen atoms in total. The molecule has 0 radical (unpaired) electrons. The molecule has 2 aromatic rings. The molecule has 16 heavy (non-hydrogen) atoms. The highest BCUT2D eigenvalue weighted by atomic mass is 14.4. The third kappa shape index (κ3) is 0.898. The quantitative estimate of drug-likeness (QED) is 0.612. The van der Waals surface area contributed by atoms with Crippen molar-refractivity contribution in [1.82, 2.24) is 0 Å². The fourth-order valence-corrected chi connectivity index (χ4v) is 2.79. The van der Waals surface area contributed by atoms with Crippen LogP contribution in [0.1, 0.15) is 36.8 Å². The van der Waals surface area contributed by atoms with Gasteiger partial charge >= 0.3 is 0 Å². The van der Waals surface area contributed by atoms with Gasteiger partial charge in [0, 0.05) is 13.2 Å². The Kier molecular flexibility index (Phi) is 1.19. The number of fused-ring (bicyclic) bond motifs is 6. The highest BCUT2D eigenvalue weighted by Gasteiger charge is 2.38. The molecule has 76 valence electrons. The molecule has 0 heterocycles. The minimum Gasteiger partial charge on any atom is -0.0754 e. The summed E-state index contributed by atoms with van der Waals surface area (Å²) in [7, 11) is 0. The van der Waals surface area contributed by atoms with Gasteiger partial charge in [-0.1, -0.05) is 60.7 Å². The van der Waals surface area contributed by atoms with Crippen LogP contribution in [0.5, 0.6) is 0 Å². The summed E-state index contributed by atoms with van der Waals surface area (Å²) in [4.78, 5) is 0. The van der Waals surface area contributed by atoms with Gasteiger partial charge in [0.25, 0.3) is 0 Å². The molecule has 2 unspecified atom stereocenters. The Morgan fingerprint density at radius 2 is 1.56 bits per heavy atom. The van der Waals surface area contributed by atoms with E-state index in [4.69, 9.17) is 2.74 Å². The molecule has 0 aromatic heterocycles. The fraction of sp³-hybridized carbons (Fsp3) is 0.125. The van der Waals surface area contributed by atoms with Gasteiger partial charge in [0.05, 0.1) is 1.37 Å². The summed E-state index contributed by atoms with van der Waals surface area (Å²) in [5, 5.41) is 0. The Morgan fingerprint density at radius 1 is 0.875 bits per heavy atom. The van der Waals surface area contributed by atoms with Gasteiger partial charge in [0.15, 0.2) is 0 Å². The average Bonchev–Trinajstić information content (AvgIpc) is 2.38. The predicted molar refractivity (Wildman–Crippen MR) is 66.5 cm³/mol. The minimum absolute atomic E-state index is 0.0963. The van der Waals surface area contributed by atoms with Crippen molar-refractivity contribution in [2.45, 2.75) is 11.8 Å². The van der Waals surface area contributed by atoms with Crippen LogP contribution < -0.4 is 0 Å². The van der Waals surface area contributed by atoms with Gasteiger partial charge < -0.3 is 0 Å². The van der Waals surface area contributed by atoms with Crippen molar-refractivity contribution < 1.29 is 2.74 Å². The lowest BCUT2D eigenvalue weighted by Gasteiger charge is -2.41. The van der Waals surface area contributed by atoms with Gasteiger partial charge in [-0.05, 0) is 22.3 Å². The molecule has 0 heteroatoms. The van der Waals surface area contributed by atoms with Crippen LogP contribution in [-0.4, -0.2) is 0 Å². The van der Waals surface area contributed by atoms with Gasteiger partial charge in [-0.2, -0.15) is 0 Å². The Balaban J connectivity index is 2.05. The monoisotopic (exact) mass is 206 g/mol. The highest BCUT2D eigenvalue weighted by molar-refractivity contribution is 5.68. The first kappa shape index (κ1) is 6.70. The summed E-state index contributed by atoms with van der Waals surface area (Å²) in [6.45, 7) is 0. The Labute approximate surface area is 98.1 Å². The van der Waals surface area contributed by atoms with E-state index in [-0.39, 0.29) is 5.92 Å². The van der Waals surface area contributed by atoms with Crippen LogP contribution in [0.25, 0.3) is 6.05 Å². The van der Waals surface area contributed by atoms with Crippen molar-refractivity contribution in [3.05, 3.63) is 76.9 Å². The molecule has 4 rings (SSSR count). The standard InChI is InChI=1S/C16H12/c1-2-6-12-11(5-1)9-10-15-13-7-3-4-8-14(13)16(12)15/h1-10,15-16H/i9D,15D. The van der Waals surface area contributed by atoms with Crippen LogP contribution in [0, 0.1) is 0 Å². The number of rotatable bonds is 0. The van der Waals surface area contributed by atoms with E-state index in [0.29, 0.717) is 6.05 Å². The van der Waals surface area contributed by atoms with Crippen LogP contribution >= 0.6 is 0 Å². The highest BCUT2D eigenvalue weighted by Crippen LogP contribution is 2.54. The fourth-order valence-electron chi connectivity index (χ4n) is 2.79. The van der Waals surface area contributed by atoms with Crippen LogP contribution in [-0.2, 0) is 0 Å². The van der Waals surface area contributed by atoms with Crippen LogP contribution in [0.4, 0.5) is 0 Å². The van der Waals surface area contributed by atoms with Crippen molar-refractivity contribution in [3.63, 3.8) is 0 Å². The average molecular weight is 206 g/mol. The van der Waals surface area contributed by atoms with Crippen molar-refractivity contribution in [1.29, 1.82) is 0 Å². The van der Waals surface area contributed by atoms with E-state index in [1.165, 1.54) is 5.56 Å². The van der Waals surface area contributed by atoms with E-state index in [0.717, 1.165) is 16.7 Å². The van der Waals surface area contributed by atoms with Crippen molar-refractivity contribution >= 4 is 6.05 Å². The van der Waals surface area contributed by atoms with Crippen molar-refractivity contribution in [3.8, 4) is 0 Å². The summed E-state index contributed by atoms with van der Waals surface area (Å²) in [6.07, 6.45) is 1.79. The molecule has 0 spiro atoms. The van der Waals surface area contributed by atoms with E-state index < -0.39 is 5.89 Å². The molecule has 2 aromatic carbocycles. The van der Waals surface area contributed by atoms with Crippen LogP contribution in [0.3, 0.4) is 0 Å². The predicted octanol–water partition coefficient (Wildman–Crippen LogP) is 3.94. The zero-order valence-corrected chi connectivity index (χ0v) is 8.77. The second-order valence-electron chi connectivity index (χ2n) is 4.35. The lowest BCUT2D eigenvalue weighted by atomic mass is 9.62. The molecule has 0 fully saturated rings. The van der Waals surface area contributed by atoms with E-state index in [1.807, 2.05) is 36.4 Å². The third-order valence-electron chi connectivity index (χ3n) is 3.55. The SMILES string of the molecule is [2H]C1=CC2([2H])c3ccccc3C2c2ccccc21.